The van der Waals surface area contributed by atoms with Gasteiger partial charge in [-0.2, -0.15) is 13.2 Å². The largest absolute Gasteiger partial charge is 0.401 e. The third-order valence-electron chi connectivity index (χ3n) is 4.18. The molecule has 1 aliphatic rings. The van der Waals surface area contributed by atoms with Crippen molar-refractivity contribution in [2.45, 2.75) is 37.0 Å². The van der Waals surface area contributed by atoms with Crippen molar-refractivity contribution in [1.82, 2.24) is 9.80 Å². The zero-order valence-corrected chi connectivity index (χ0v) is 14.5. The summed E-state index contributed by atoms with van der Waals surface area (Å²) in [6.07, 6.45) is -2.51. The first kappa shape index (κ1) is 18.4. The van der Waals surface area contributed by atoms with Gasteiger partial charge in [0, 0.05) is 53.7 Å². The van der Waals surface area contributed by atoms with Crippen LogP contribution in [0.1, 0.15) is 19.4 Å². The van der Waals surface area contributed by atoms with Crippen molar-refractivity contribution >= 4 is 10.8 Å². The minimum absolute atomic E-state index is 0.324. The zero-order chi connectivity index (χ0) is 17.3. The molecule has 0 saturated carbocycles. The summed E-state index contributed by atoms with van der Waals surface area (Å²) in [7, 11) is -1.00. The minimum Gasteiger partial charge on any atom is -0.292 e. The van der Waals surface area contributed by atoms with Crippen molar-refractivity contribution in [2.24, 2.45) is 0 Å². The molecule has 0 bridgehead atoms. The third kappa shape index (κ3) is 5.29. The van der Waals surface area contributed by atoms with Gasteiger partial charge in [0.25, 0.3) is 0 Å². The van der Waals surface area contributed by atoms with Crippen LogP contribution in [0.5, 0.6) is 0 Å². The van der Waals surface area contributed by atoms with Crippen LogP contribution in [0.4, 0.5) is 13.2 Å². The van der Waals surface area contributed by atoms with Crippen molar-refractivity contribution in [2.75, 3.05) is 32.4 Å². The molecule has 0 radical (unpaired) electrons. The summed E-state index contributed by atoms with van der Waals surface area (Å²) in [6, 6.07) is 7.57. The first-order chi connectivity index (χ1) is 10.6. The molecular weight excluding hydrogens is 325 g/mol. The molecule has 0 N–H and O–H groups in total. The Hall–Kier alpha value is -0.920. The number of rotatable bonds is 4. The van der Waals surface area contributed by atoms with Crippen LogP contribution in [-0.4, -0.2) is 58.2 Å². The standard InChI is InChI=1S/C16H23F3N2OS/c1-15(2)11-20(12-16(17,18)19)8-9-21(15)10-13-4-6-14(7-5-13)23(3)22/h4-7H,8-12H2,1-3H3/t23-/m1/s1. The zero-order valence-electron chi connectivity index (χ0n) is 13.7. The summed E-state index contributed by atoms with van der Waals surface area (Å²) in [6.45, 7) is 5.20. The molecule has 0 amide bonds. The normalized spacial score (nSPS) is 21.3. The fourth-order valence-corrected chi connectivity index (χ4v) is 3.50. The van der Waals surface area contributed by atoms with Crippen LogP contribution in [0.25, 0.3) is 0 Å². The van der Waals surface area contributed by atoms with Gasteiger partial charge in [-0.1, -0.05) is 12.1 Å². The topological polar surface area (TPSA) is 23.6 Å². The van der Waals surface area contributed by atoms with Crippen LogP contribution < -0.4 is 0 Å². The number of hydrogen-bond donors (Lipinski definition) is 0. The maximum atomic E-state index is 12.6. The molecule has 0 spiro atoms. The predicted octanol–water partition coefficient (Wildman–Crippen LogP) is 2.88. The average Bonchev–Trinajstić information content (AvgIpc) is 2.40. The molecule has 1 aliphatic heterocycles. The Bertz CT molecular complexity index is 557. The molecular formula is C16H23F3N2OS. The highest BCUT2D eigenvalue weighted by Crippen LogP contribution is 2.26. The predicted molar refractivity (Wildman–Crippen MR) is 85.8 cm³/mol. The molecule has 1 atom stereocenters. The van der Waals surface area contributed by atoms with E-state index in [-0.39, 0.29) is 5.54 Å². The van der Waals surface area contributed by atoms with Crippen molar-refractivity contribution in [3.63, 3.8) is 0 Å². The second-order valence-corrected chi connectivity index (χ2v) is 8.04. The van der Waals surface area contributed by atoms with Gasteiger partial charge in [-0.25, -0.2) is 0 Å². The first-order valence-electron chi connectivity index (χ1n) is 7.53. The highest BCUT2D eigenvalue weighted by atomic mass is 32.2. The first-order valence-corrected chi connectivity index (χ1v) is 9.09. The SMILES string of the molecule is C[S@@](=O)c1ccc(CN2CCN(CC(F)(F)F)CC2(C)C)cc1. The lowest BCUT2D eigenvalue weighted by Crippen LogP contribution is -2.59. The fraction of sp³-hybridized carbons (Fsp3) is 0.625. The molecule has 130 valence electrons. The monoisotopic (exact) mass is 348 g/mol. The van der Waals surface area contributed by atoms with Crippen LogP contribution >= 0.6 is 0 Å². The summed E-state index contributed by atoms with van der Waals surface area (Å²) in [5.41, 5.74) is 0.756. The van der Waals surface area contributed by atoms with E-state index in [0.29, 0.717) is 26.2 Å². The van der Waals surface area contributed by atoms with Crippen LogP contribution in [0.2, 0.25) is 0 Å². The summed E-state index contributed by atoms with van der Waals surface area (Å²) >= 11 is 0. The van der Waals surface area contributed by atoms with Crippen LogP contribution in [0, 0.1) is 0 Å². The molecule has 0 aliphatic carbocycles. The van der Waals surface area contributed by atoms with E-state index >= 15 is 0 Å². The summed E-state index contributed by atoms with van der Waals surface area (Å²) in [5, 5.41) is 0. The summed E-state index contributed by atoms with van der Waals surface area (Å²) in [5.74, 6) is 0. The highest BCUT2D eigenvalue weighted by Gasteiger charge is 2.38. The molecule has 1 saturated heterocycles. The third-order valence-corrected chi connectivity index (χ3v) is 5.12. The summed E-state index contributed by atoms with van der Waals surface area (Å²) < 4.78 is 49.1. The second-order valence-electron chi connectivity index (χ2n) is 6.66. The van der Waals surface area contributed by atoms with Gasteiger partial charge in [0.15, 0.2) is 0 Å². The number of halogens is 3. The van der Waals surface area contributed by atoms with Crippen molar-refractivity contribution in [3.05, 3.63) is 29.8 Å². The molecule has 1 aromatic rings. The molecule has 0 unspecified atom stereocenters. The van der Waals surface area contributed by atoms with Crippen LogP contribution in [0.3, 0.4) is 0 Å². The van der Waals surface area contributed by atoms with E-state index in [0.717, 1.165) is 10.5 Å². The lowest BCUT2D eigenvalue weighted by Gasteiger charge is -2.47. The fourth-order valence-electron chi connectivity index (χ4n) is 2.98. The van der Waals surface area contributed by atoms with E-state index in [1.165, 1.54) is 4.90 Å². The molecule has 7 heteroatoms. The molecule has 2 rings (SSSR count). The van der Waals surface area contributed by atoms with E-state index < -0.39 is 23.5 Å². The number of benzene rings is 1. The van der Waals surface area contributed by atoms with Gasteiger partial charge < -0.3 is 0 Å². The number of piperazine rings is 1. The lowest BCUT2D eigenvalue weighted by molar-refractivity contribution is -0.155. The second kappa shape index (κ2) is 6.91. The summed E-state index contributed by atoms with van der Waals surface area (Å²) in [4.78, 5) is 4.46. The number of hydrogen-bond acceptors (Lipinski definition) is 3. The van der Waals surface area contributed by atoms with Gasteiger partial charge >= 0.3 is 6.18 Å². The van der Waals surface area contributed by atoms with E-state index in [1.807, 2.05) is 38.1 Å². The van der Waals surface area contributed by atoms with Crippen molar-refractivity contribution in [1.29, 1.82) is 0 Å². The van der Waals surface area contributed by atoms with Gasteiger partial charge in [0.1, 0.15) is 0 Å². The van der Waals surface area contributed by atoms with Gasteiger partial charge in [-0.15, -0.1) is 0 Å². The van der Waals surface area contributed by atoms with Gasteiger partial charge in [0.05, 0.1) is 6.54 Å². The quantitative estimate of drug-likeness (QED) is 0.836. The van der Waals surface area contributed by atoms with E-state index in [1.54, 1.807) is 6.26 Å². The average molecular weight is 348 g/mol. The van der Waals surface area contributed by atoms with Crippen LogP contribution in [0.15, 0.2) is 29.2 Å². The number of alkyl halides is 3. The van der Waals surface area contributed by atoms with Crippen molar-refractivity contribution < 1.29 is 17.4 Å². The molecule has 1 fully saturated rings. The van der Waals surface area contributed by atoms with E-state index in [4.69, 9.17) is 0 Å². The highest BCUT2D eigenvalue weighted by molar-refractivity contribution is 7.84. The van der Waals surface area contributed by atoms with E-state index in [2.05, 4.69) is 4.90 Å². The Morgan fingerprint density at radius 3 is 2.26 bits per heavy atom. The maximum absolute atomic E-state index is 12.6. The Morgan fingerprint density at radius 1 is 1.17 bits per heavy atom. The molecule has 1 aromatic carbocycles. The molecule has 3 nitrogen and oxygen atoms in total. The van der Waals surface area contributed by atoms with Gasteiger partial charge in [0.2, 0.25) is 0 Å². The lowest BCUT2D eigenvalue weighted by atomic mass is 9.97. The van der Waals surface area contributed by atoms with Crippen LogP contribution in [-0.2, 0) is 17.3 Å². The minimum atomic E-state index is -4.15. The van der Waals surface area contributed by atoms with Gasteiger partial charge in [-0.3, -0.25) is 14.0 Å². The van der Waals surface area contributed by atoms with Crippen molar-refractivity contribution in [3.8, 4) is 0 Å². The van der Waals surface area contributed by atoms with E-state index in [9.17, 15) is 17.4 Å². The molecule has 23 heavy (non-hydrogen) atoms. The molecule has 1 heterocycles. The Morgan fingerprint density at radius 2 is 1.78 bits per heavy atom. The number of nitrogens with zero attached hydrogens (tertiary/aromatic N) is 2. The Kier molecular flexibility index (Phi) is 5.53. The smallest absolute Gasteiger partial charge is 0.292 e. The Labute approximate surface area is 137 Å². The van der Waals surface area contributed by atoms with Gasteiger partial charge in [-0.05, 0) is 31.5 Å². The Balaban J connectivity index is 2.00. The maximum Gasteiger partial charge on any atom is 0.401 e. The molecule has 0 aromatic heterocycles.